The Morgan fingerprint density at radius 1 is 1.05 bits per heavy atom. The van der Waals surface area contributed by atoms with Gasteiger partial charge in [0, 0.05) is 22.4 Å². The minimum atomic E-state index is -4.82. The molecular formula is C30H29F3N7O3S+. The maximum absolute atomic E-state index is 13.7. The number of ether oxygens (including phenoxy) is 1. The van der Waals surface area contributed by atoms with Crippen LogP contribution in [0.1, 0.15) is 59.5 Å². The second-order valence-corrected chi connectivity index (χ2v) is 11.3. The maximum Gasteiger partial charge on any atom is 0.573 e. The first-order valence-corrected chi connectivity index (χ1v) is 14.6. The van der Waals surface area contributed by atoms with Crippen LogP contribution in [0, 0.1) is 0 Å². The number of benzene rings is 3. The van der Waals surface area contributed by atoms with Crippen LogP contribution in [0.2, 0.25) is 0 Å². The fourth-order valence-corrected chi connectivity index (χ4v) is 5.97. The Balaban J connectivity index is 1.39. The number of hydrogen-bond acceptors (Lipinski definition) is 5. The summed E-state index contributed by atoms with van der Waals surface area (Å²) in [7, 11) is 0. The number of aromatic nitrogens is 1. The van der Waals surface area contributed by atoms with E-state index in [4.69, 9.17) is 11.3 Å². The second-order valence-electron chi connectivity index (χ2n) is 10.2. The minimum absolute atomic E-state index is 0.140. The normalized spacial score (nSPS) is 14.3. The van der Waals surface area contributed by atoms with Gasteiger partial charge in [-0.05, 0) is 66.3 Å². The molecule has 0 radical (unpaired) electrons. The monoisotopic (exact) mass is 624 g/mol. The molecule has 14 heteroatoms. The molecule has 1 heterocycles. The molecule has 1 aliphatic rings. The van der Waals surface area contributed by atoms with E-state index in [1.54, 1.807) is 24.3 Å². The smallest absolute Gasteiger partial charge is 0.406 e. The number of alkyl halides is 3. The number of urea groups is 1. The molecule has 5 N–H and O–H groups in total. The summed E-state index contributed by atoms with van der Waals surface area (Å²) in [6.45, 7) is 0.140. The van der Waals surface area contributed by atoms with E-state index in [1.165, 1.54) is 47.9 Å². The zero-order valence-corrected chi connectivity index (χ0v) is 24.2. The Morgan fingerprint density at radius 3 is 2.41 bits per heavy atom. The molecule has 3 amide bonds. The van der Waals surface area contributed by atoms with Crippen molar-refractivity contribution in [2.45, 2.75) is 50.9 Å². The van der Waals surface area contributed by atoms with Gasteiger partial charge in [-0.3, -0.25) is 15.0 Å². The van der Waals surface area contributed by atoms with Crippen molar-refractivity contribution in [3.8, 4) is 5.75 Å². The van der Waals surface area contributed by atoms with E-state index in [2.05, 4.69) is 25.1 Å². The largest absolute Gasteiger partial charge is 0.573 e. The first-order chi connectivity index (χ1) is 21.1. The van der Waals surface area contributed by atoms with Crippen LogP contribution in [0.25, 0.3) is 10.2 Å². The predicted octanol–water partition coefficient (Wildman–Crippen LogP) is 6.15. The molecule has 3 aromatic carbocycles. The quantitative estimate of drug-likeness (QED) is 0.128. The summed E-state index contributed by atoms with van der Waals surface area (Å²) in [4.78, 5) is 35.4. The first-order valence-electron chi connectivity index (χ1n) is 13.8. The third-order valence-corrected chi connectivity index (χ3v) is 8.16. The number of fused-ring (bicyclic) bond motifs is 1. The van der Waals surface area contributed by atoms with Gasteiger partial charge in [0.15, 0.2) is 5.13 Å². The van der Waals surface area contributed by atoms with Crippen LogP contribution in [-0.2, 0) is 6.54 Å². The number of aliphatic imine (C=N–C) groups is 1. The van der Waals surface area contributed by atoms with E-state index in [1.807, 2.05) is 24.3 Å². The van der Waals surface area contributed by atoms with E-state index in [0.29, 0.717) is 27.4 Å². The topological polar surface area (TPSA) is 148 Å². The van der Waals surface area contributed by atoms with Crippen LogP contribution >= 0.6 is 11.3 Å². The van der Waals surface area contributed by atoms with Crippen LogP contribution in [0.3, 0.4) is 0 Å². The highest BCUT2D eigenvalue weighted by Crippen LogP contribution is 2.35. The molecule has 1 aliphatic carbocycles. The zero-order valence-electron chi connectivity index (χ0n) is 23.4. The SMILES string of the molecule is NC(N=[NH2+])=NC(=O)c1ccc(CN(C(=O)Nc2nc3ccc(OC(F)(F)F)cc3s2)c2ccc(C3CCCCC3)cc2)cc1. The predicted molar refractivity (Wildman–Crippen MR) is 161 cm³/mol. The summed E-state index contributed by atoms with van der Waals surface area (Å²) in [6, 6.07) is 17.7. The zero-order chi connectivity index (χ0) is 31.3. The van der Waals surface area contributed by atoms with Crippen LogP contribution in [0.15, 0.2) is 76.8 Å². The lowest BCUT2D eigenvalue weighted by atomic mass is 9.84. The molecule has 0 saturated heterocycles. The van der Waals surface area contributed by atoms with Gasteiger partial charge in [0.2, 0.25) is 0 Å². The number of halogens is 3. The summed E-state index contributed by atoms with van der Waals surface area (Å²) < 4.78 is 42.4. The molecule has 44 heavy (non-hydrogen) atoms. The van der Waals surface area contributed by atoms with Crippen LogP contribution in [0.4, 0.5) is 28.8 Å². The fourth-order valence-electron chi connectivity index (χ4n) is 5.09. The fraction of sp³-hybridized carbons (Fsp3) is 0.267. The van der Waals surface area contributed by atoms with Gasteiger partial charge in [-0.2, -0.15) is 4.99 Å². The molecule has 0 unspecified atom stereocenters. The molecule has 0 bridgehead atoms. The van der Waals surface area contributed by atoms with E-state index < -0.39 is 18.3 Å². The standard InChI is InChI=1S/C30H28F3N7O3S/c31-30(32,33)43-23-14-15-24-25(16-23)44-28(36-24)38-29(42)40(22-12-10-20(11-13-22)19-4-2-1-3-5-19)17-18-6-8-21(9-7-18)26(41)37-27(34)39-35/h6-16,19,35H,1-5,17H2,(H2,34,37,41)(H,36,38,42)/p+1. The molecule has 0 atom stereocenters. The van der Waals surface area contributed by atoms with Crippen LogP contribution in [0.5, 0.6) is 5.75 Å². The Morgan fingerprint density at radius 2 is 1.75 bits per heavy atom. The lowest BCUT2D eigenvalue weighted by Crippen LogP contribution is -2.34. The number of amides is 3. The van der Waals surface area contributed by atoms with Crippen molar-refractivity contribution >= 4 is 50.3 Å². The lowest BCUT2D eigenvalue weighted by molar-refractivity contribution is -0.274. The van der Waals surface area contributed by atoms with Gasteiger partial charge in [0.1, 0.15) is 5.75 Å². The van der Waals surface area contributed by atoms with E-state index in [-0.39, 0.29) is 28.9 Å². The van der Waals surface area contributed by atoms with Gasteiger partial charge >= 0.3 is 12.4 Å². The van der Waals surface area contributed by atoms with Gasteiger partial charge in [-0.15, -0.1) is 18.7 Å². The number of guanidine groups is 1. The molecule has 1 aromatic heterocycles. The Kier molecular flexibility index (Phi) is 9.18. The average molecular weight is 625 g/mol. The summed E-state index contributed by atoms with van der Waals surface area (Å²) in [6.07, 6.45) is 1.09. The molecule has 5 rings (SSSR count). The Labute approximate surface area is 254 Å². The highest BCUT2D eigenvalue weighted by atomic mass is 32.1. The van der Waals surface area contributed by atoms with Gasteiger partial charge in [0.25, 0.3) is 11.9 Å². The summed E-state index contributed by atoms with van der Waals surface area (Å²) in [5.41, 5.74) is 13.7. The first kappa shape index (κ1) is 30.6. The van der Waals surface area contributed by atoms with Gasteiger partial charge < -0.3 is 10.5 Å². The van der Waals surface area contributed by atoms with Crippen molar-refractivity contribution in [2.24, 2.45) is 15.8 Å². The highest BCUT2D eigenvalue weighted by Gasteiger charge is 2.31. The van der Waals surface area contributed by atoms with Crippen molar-refractivity contribution in [3.05, 3.63) is 83.4 Å². The van der Waals surface area contributed by atoms with Crippen molar-refractivity contribution in [1.29, 1.82) is 0 Å². The summed E-state index contributed by atoms with van der Waals surface area (Å²) in [5, 5.41) is 6.15. The van der Waals surface area contributed by atoms with Crippen LogP contribution < -0.4 is 26.2 Å². The number of nitrogens with one attached hydrogen (secondary N) is 1. The number of anilines is 2. The number of carbonyl (C=O) groups excluding carboxylic acids is 2. The van der Waals surface area contributed by atoms with E-state index >= 15 is 0 Å². The van der Waals surface area contributed by atoms with Crippen molar-refractivity contribution < 1.29 is 33.0 Å². The Hall–Kier alpha value is -4.85. The maximum atomic E-state index is 13.7. The molecule has 1 fully saturated rings. The lowest BCUT2D eigenvalue weighted by Gasteiger charge is -2.25. The minimum Gasteiger partial charge on any atom is -0.406 e. The number of carbonyl (C=O) groups is 2. The van der Waals surface area contributed by atoms with Crippen molar-refractivity contribution in [2.75, 3.05) is 10.2 Å². The summed E-state index contributed by atoms with van der Waals surface area (Å²) in [5.74, 6) is -0.852. The second kappa shape index (κ2) is 13.2. The van der Waals surface area contributed by atoms with Crippen molar-refractivity contribution in [3.63, 3.8) is 0 Å². The van der Waals surface area contributed by atoms with Gasteiger partial charge in [-0.25, -0.2) is 9.78 Å². The highest BCUT2D eigenvalue weighted by molar-refractivity contribution is 7.22. The Bertz CT molecular complexity index is 1680. The third kappa shape index (κ3) is 7.75. The number of hydrogen-bond donors (Lipinski definition) is 3. The average Bonchev–Trinajstić information content (AvgIpc) is 3.41. The molecular weight excluding hydrogens is 595 g/mol. The molecule has 4 aromatic rings. The number of rotatable bonds is 7. The van der Waals surface area contributed by atoms with Gasteiger partial charge in [0.05, 0.1) is 16.8 Å². The number of nitrogens with two attached hydrogens (primary N) is 2. The number of nitrogens with zero attached hydrogens (tertiary/aromatic N) is 4. The third-order valence-electron chi connectivity index (χ3n) is 7.22. The molecule has 0 spiro atoms. The summed E-state index contributed by atoms with van der Waals surface area (Å²) >= 11 is 1.02. The van der Waals surface area contributed by atoms with E-state index in [9.17, 15) is 22.8 Å². The van der Waals surface area contributed by atoms with Gasteiger partial charge in [-0.1, -0.05) is 54.9 Å². The molecule has 0 aliphatic heterocycles. The van der Waals surface area contributed by atoms with Crippen LogP contribution in [-0.4, -0.2) is 29.2 Å². The molecule has 1 saturated carbocycles. The number of thiazole rings is 1. The molecule has 228 valence electrons. The molecule has 10 nitrogen and oxygen atoms in total. The van der Waals surface area contributed by atoms with Crippen molar-refractivity contribution in [1.82, 2.24) is 4.98 Å². The van der Waals surface area contributed by atoms with E-state index in [0.717, 1.165) is 24.2 Å².